The third-order valence-electron chi connectivity index (χ3n) is 12.0. The molecule has 4 saturated carbocycles. The summed E-state index contributed by atoms with van der Waals surface area (Å²) in [7, 11) is 1.65. The number of thiocarbonyl (C=S) groups is 1. The van der Waals surface area contributed by atoms with E-state index in [2.05, 4.69) is 13.8 Å². The number of benzene rings is 1. The van der Waals surface area contributed by atoms with Crippen molar-refractivity contribution >= 4 is 34.3 Å². The Bertz CT molecular complexity index is 1160. The van der Waals surface area contributed by atoms with E-state index >= 15 is 0 Å². The molecule has 1 heterocycles. The molecule has 1 saturated heterocycles. The number of methoxy groups -OCH3 is 1. The second-order valence-corrected chi connectivity index (χ2v) is 15.3. The van der Waals surface area contributed by atoms with Gasteiger partial charge in [0.05, 0.1) is 32.0 Å². The fraction of sp³-hybridized carbons (Fsp3) is 0.758. The highest BCUT2D eigenvalue weighted by atomic mass is 32.2. The molecule has 232 valence electrons. The monoisotopic (exact) mass is 618 g/mol. The van der Waals surface area contributed by atoms with Gasteiger partial charge >= 0.3 is 5.97 Å². The molecule has 6 rings (SSSR count). The Morgan fingerprint density at radius 1 is 1.07 bits per heavy atom. The van der Waals surface area contributed by atoms with Crippen LogP contribution in [0.5, 0.6) is 0 Å². The van der Waals surface area contributed by atoms with Gasteiger partial charge in [0.25, 0.3) is 0 Å². The minimum atomic E-state index is -0.546. The number of rotatable bonds is 8. The number of carbonyl (C=O) groups excluding carboxylic acids is 1. The Labute approximate surface area is 260 Å². The molecule has 0 aromatic heterocycles. The molecule has 0 radical (unpaired) electrons. The summed E-state index contributed by atoms with van der Waals surface area (Å²) < 4.78 is 38.0. The molecule has 0 unspecified atom stereocenters. The van der Waals surface area contributed by atoms with Gasteiger partial charge in [0.2, 0.25) is 4.38 Å². The van der Waals surface area contributed by atoms with Crippen LogP contribution in [0.1, 0.15) is 75.6 Å². The van der Waals surface area contributed by atoms with Crippen LogP contribution in [-0.2, 0) is 28.4 Å². The van der Waals surface area contributed by atoms with Crippen molar-refractivity contribution in [2.75, 3.05) is 46.6 Å². The van der Waals surface area contributed by atoms with Crippen LogP contribution in [0.4, 0.5) is 0 Å². The summed E-state index contributed by atoms with van der Waals surface area (Å²) in [5.74, 6) is -0.460. The Hall–Kier alpha value is -1.23. The van der Waals surface area contributed by atoms with Crippen LogP contribution >= 0.6 is 24.0 Å². The molecular weight excluding hydrogens is 572 g/mol. The van der Waals surface area contributed by atoms with E-state index in [9.17, 15) is 4.79 Å². The largest absolute Gasteiger partial charge is 0.478 e. The third kappa shape index (κ3) is 4.76. The van der Waals surface area contributed by atoms with Crippen molar-refractivity contribution < 1.29 is 33.2 Å². The second kappa shape index (κ2) is 11.6. The van der Waals surface area contributed by atoms with Crippen LogP contribution in [0.2, 0.25) is 0 Å². The first-order chi connectivity index (χ1) is 20.2. The number of fused-ring (bicyclic) bond motifs is 3. The zero-order valence-electron chi connectivity index (χ0n) is 25.5. The Morgan fingerprint density at radius 3 is 2.55 bits per heavy atom. The number of carbonyl (C=O) groups is 1. The topological polar surface area (TPSA) is 72.5 Å². The first-order valence-corrected chi connectivity index (χ1v) is 17.1. The second-order valence-electron chi connectivity index (χ2n) is 13.9. The minimum Gasteiger partial charge on any atom is -0.478 e. The lowest BCUT2D eigenvalue weighted by molar-refractivity contribution is -0.303. The van der Waals surface area contributed by atoms with Crippen molar-refractivity contribution in [1.82, 2.24) is 0 Å². The van der Waals surface area contributed by atoms with Crippen molar-refractivity contribution in [3.8, 4) is 0 Å². The lowest BCUT2D eigenvalue weighted by atomic mass is 9.37. The van der Waals surface area contributed by atoms with Gasteiger partial charge in [-0.3, -0.25) is 0 Å². The van der Waals surface area contributed by atoms with Gasteiger partial charge in [-0.2, -0.15) is 0 Å². The molecule has 7 nitrogen and oxygen atoms in total. The van der Waals surface area contributed by atoms with Crippen molar-refractivity contribution in [2.24, 2.45) is 33.5 Å². The van der Waals surface area contributed by atoms with E-state index in [1.165, 1.54) is 11.8 Å². The molecule has 7 atom stereocenters. The number of hydrogen-bond acceptors (Lipinski definition) is 9. The molecule has 5 fully saturated rings. The molecule has 1 aromatic rings. The molecule has 2 bridgehead atoms. The smallest absolute Gasteiger partial charge is 0.338 e. The standard InChI is InChI=1S/C33H46O7S2/c1-29-13-14-32(19-29)24(18-33(29)38-15-16-39-33)17-25(40-27(34)23-9-6-5-7-10-23)26-30(32,2)11-8-12-31(26,20-36-22-35-3)21-37-28(41)42-4/h5-7,9-10,24-26H,8,11-22H2,1-4H3/t24-,25+,26+,29-,30-,31-,32-/m0/s1. The van der Waals surface area contributed by atoms with Gasteiger partial charge in [-0.1, -0.05) is 50.2 Å². The maximum atomic E-state index is 13.7. The average molecular weight is 619 g/mol. The molecule has 42 heavy (non-hydrogen) atoms. The van der Waals surface area contributed by atoms with Crippen molar-refractivity contribution in [1.29, 1.82) is 0 Å². The first kappa shape index (κ1) is 30.8. The highest BCUT2D eigenvalue weighted by molar-refractivity contribution is 8.22. The molecule has 4 aliphatic carbocycles. The van der Waals surface area contributed by atoms with Gasteiger partial charge in [0.15, 0.2) is 5.79 Å². The molecule has 0 amide bonds. The van der Waals surface area contributed by atoms with Crippen LogP contribution in [0.15, 0.2) is 30.3 Å². The van der Waals surface area contributed by atoms with Gasteiger partial charge in [-0.25, -0.2) is 4.79 Å². The van der Waals surface area contributed by atoms with Crippen LogP contribution in [0, 0.1) is 33.5 Å². The van der Waals surface area contributed by atoms with Crippen LogP contribution < -0.4 is 0 Å². The molecule has 0 N–H and O–H groups in total. The molecular formula is C33H46O7S2. The Kier molecular flexibility index (Phi) is 8.51. The number of hydrogen-bond donors (Lipinski definition) is 0. The zero-order valence-corrected chi connectivity index (χ0v) is 27.1. The fourth-order valence-corrected chi connectivity index (χ4v) is 10.7. The highest BCUT2D eigenvalue weighted by Crippen LogP contribution is 2.78. The maximum Gasteiger partial charge on any atom is 0.338 e. The van der Waals surface area contributed by atoms with Crippen molar-refractivity contribution in [3.63, 3.8) is 0 Å². The van der Waals surface area contributed by atoms with E-state index < -0.39 is 5.79 Å². The van der Waals surface area contributed by atoms with Crippen molar-refractivity contribution in [3.05, 3.63) is 35.9 Å². The molecule has 1 aromatic carbocycles. The summed E-state index contributed by atoms with van der Waals surface area (Å²) in [5, 5.41) is 0. The van der Waals surface area contributed by atoms with E-state index in [4.69, 9.17) is 40.6 Å². The lowest BCUT2D eigenvalue weighted by Gasteiger charge is -2.69. The first-order valence-electron chi connectivity index (χ1n) is 15.5. The van der Waals surface area contributed by atoms with Gasteiger partial charge in [0, 0.05) is 30.3 Å². The minimum absolute atomic E-state index is 0.0333. The molecule has 9 heteroatoms. The normalized spacial score (nSPS) is 39.9. The fourth-order valence-electron chi connectivity index (χ4n) is 10.4. The van der Waals surface area contributed by atoms with E-state index in [1.54, 1.807) is 7.11 Å². The van der Waals surface area contributed by atoms with Crippen molar-refractivity contribution in [2.45, 2.75) is 77.1 Å². The summed E-state index contributed by atoms with van der Waals surface area (Å²) in [5.41, 5.74) is 0.142. The third-order valence-corrected chi connectivity index (χ3v) is 13.1. The van der Waals surface area contributed by atoms with Gasteiger partial charge < -0.3 is 28.4 Å². The maximum absolute atomic E-state index is 13.7. The highest BCUT2D eigenvalue weighted by Gasteiger charge is 2.76. The Balaban J connectivity index is 1.44. The predicted octanol–water partition coefficient (Wildman–Crippen LogP) is 6.63. The molecule has 5 aliphatic rings. The van der Waals surface area contributed by atoms with E-state index in [0.29, 0.717) is 42.3 Å². The summed E-state index contributed by atoms with van der Waals surface area (Å²) >= 11 is 6.97. The quantitative estimate of drug-likeness (QED) is 0.138. The SMILES string of the molecule is COCOC[C@]1(COC(=S)SC)CCC[C@@]2(C)[C@H]1[C@H](OC(=O)c1ccccc1)C[C@H]1CC3(OCCO3)[C@@]3(C)CC[C@]12C3. The van der Waals surface area contributed by atoms with Crippen LogP contribution in [0.25, 0.3) is 0 Å². The number of thioether (sulfide) groups is 1. The van der Waals surface area contributed by atoms with E-state index in [-0.39, 0.29) is 46.4 Å². The molecule has 2 spiro atoms. The summed E-state index contributed by atoms with van der Waals surface area (Å²) in [4.78, 5) is 13.7. The summed E-state index contributed by atoms with van der Waals surface area (Å²) in [6.45, 7) is 7.28. The van der Waals surface area contributed by atoms with Gasteiger partial charge in [-0.15, -0.1) is 0 Å². The van der Waals surface area contributed by atoms with E-state index in [0.717, 1.165) is 51.4 Å². The average Bonchev–Trinajstić information content (AvgIpc) is 3.60. The lowest BCUT2D eigenvalue weighted by Crippen LogP contribution is -2.68. The summed E-state index contributed by atoms with van der Waals surface area (Å²) in [6, 6.07) is 9.36. The van der Waals surface area contributed by atoms with E-state index in [1.807, 2.05) is 36.6 Å². The van der Waals surface area contributed by atoms with Gasteiger partial charge in [-0.05, 0) is 85.9 Å². The van der Waals surface area contributed by atoms with Gasteiger partial charge in [0.1, 0.15) is 12.9 Å². The number of ether oxygens (including phenoxy) is 6. The molecule has 1 aliphatic heterocycles. The summed E-state index contributed by atoms with van der Waals surface area (Å²) in [6.07, 6.45) is 9.61. The van der Waals surface area contributed by atoms with Crippen LogP contribution in [-0.4, -0.2) is 68.8 Å². The number of esters is 1. The van der Waals surface area contributed by atoms with Crippen LogP contribution in [0.3, 0.4) is 0 Å². The zero-order chi connectivity index (χ0) is 29.6. The Morgan fingerprint density at radius 2 is 1.83 bits per heavy atom. The predicted molar refractivity (Wildman–Crippen MR) is 165 cm³/mol.